The predicted molar refractivity (Wildman–Crippen MR) is 68.6 cm³/mol. The normalized spacial score (nSPS) is 12.1. The molecule has 4 nitrogen and oxygen atoms in total. The lowest BCUT2D eigenvalue weighted by Crippen LogP contribution is -2.21. The highest BCUT2D eigenvalue weighted by molar-refractivity contribution is 5.47. The van der Waals surface area contributed by atoms with Gasteiger partial charge in [-0.15, -0.1) is 0 Å². The van der Waals surface area contributed by atoms with Gasteiger partial charge in [0.2, 0.25) is 0 Å². The minimum atomic E-state index is 0.0137. The first-order valence-corrected chi connectivity index (χ1v) is 5.59. The Labute approximate surface area is 101 Å². The van der Waals surface area contributed by atoms with Gasteiger partial charge in [-0.25, -0.2) is 9.97 Å². The Kier molecular flexibility index (Phi) is 3.67. The van der Waals surface area contributed by atoms with Gasteiger partial charge in [0.1, 0.15) is 6.33 Å². The summed E-state index contributed by atoms with van der Waals surface area (Å²) in [5, 5.41) is 3.37. The number of nitrogens with one attached hydrogen (secondary N) is 1. The Balaban J connectivity index is 2.16. The molecule has 88 valence electrons. The summed E-state index contributed by atoms with van der Waals surface area (Å²) in [7, 11) is 0. The number of hydrogen-bond acceptors (Lipinski definition) is 4. The van der Waals surface area contributed by atoms with Crippen LogP contribution in [0.2, 0.25) is 0 Å². The molecule has 0 saturated heterocycles. The first kappa shape index (κ1) is 11.5. The van der Waals surface area contributed by atoms with Crippen LogP contribution in [-0.2, 0) is 0 Å². The van der Waals surface area contributed by atoms with Crippen LogP contribution >= 0.6 is 0 Å². The third kappa shape index (κ3) is 3.01. The maximum atomic E-state index is 5.77. The van der Waals surface area contributed by atoms with Crippen LogP contribution in [0.3, 0.4) is 0 Å². The van der Waals surface area contributed by atoms with Gasteiger partial charge in [-0.2, -0.15) is 0 Å². The largest absolute Gasteiger partial charge is 0.375 e. The van der Waals surface area contributed by atoms with Crippen molar-refractivity contribution in [3.8, 4) is 0 Å². The van der Waals surface area contributed by atoms with Gasteiger partial charge in [0.25, 0.3) is 0 Å². The fourth-order valence-corrected chi connectivity index (χ4v) is 1.70. The third-order valence-corrected chi connectivity index (χ3v) is 2.56. The lowest BCUT2D eigenvalue weighted by atomic mass is 10.1. The first-order valence-electron chi connectivity index (χ1n) is 5.59. The van der Waals surface area contributed by atoms with Crippen LogP contribution in [0.5, 0.6) is 0 Å². The number of aromatic nitrogens is 2. The molecule has 0 aliphatic rings. The van der Waals surface area contributed by atoms with Gasteiger partial charge in [-0.3, -0.25) is 0 Å². The molecule has 0 saturated carbocycles. The van der Waals surface area contributed by atoms with Crippen LogP contribution in [0.1, 0.15) is 17.3 Å². The molecule has 3 N–H and O–H groups in total. The Morgan fingerprint density at radius 3 is 2.88 bits per heavy atom. The van der Waals surface area contributed by atoms with Crippen LogP contribution in [-0.4, -0.2) is 16.5 Å². The average molecular weight is 228 g/mol. The van der Waals surface area contributed by atoms with Crippen LogP contribution in [0, 0.1) is 6.92 Å². The van der Waals surface area contributed by atoms with Gasteiger partial charge < -0.3 is 11.1 Å². The summed E-state index contributed by atoms with van der Waals surface area (Å²) < 4.78 is 0. The molecule has 0 amide bonds. The summed E-state index contributed by atoms with van der Waals surface area (Å²) in [6.07, 6.45) is 3.26. The van der Waals surface area contributed by atoms with Crippen molar-refractivity contribution in [3.63, 3.8) is 0 Å². The van der Waals surface area contributed by atoms with Gasteiger partial charge in [-0.1, -0.05) is 12.1 Å². The summed E-state index contributed by atoms with van der Waals surface area (Å²) in [6, 6.07) is 10.1. The van der Waals surface area contributed by atoms with Crippen LogP contribution in [0.25, 0.3) is 0 Å². The highest BCUT2D eigenvalue weighted by atomic mass is 15.0. The summed E-state index contributed by atoms with van der Waals surface area (Å²) in [6.45, 7) is 2.55. The van der Waals surface area contributed by atoms with Gasteiger partial charge in [-0.05, 0) is 30.7 Å². The number of benzene rings is 1. The van der Waals surface area contributed by atoms with Gasteiger partial charge in [0.05, 0.1) is 11.7 Å². The zero-order valence-corrected chi connectivity index (χ0v) is 9.80. The number of hydrogen-bond donors (Lipinski definition) is 2. The molecule has 1 unspecified atom stereocenters. The zero-order valence-electron chi connectivity index (χ0n) is 9.80. The second-order valence-corrected chi connectivity index (χ2v) is 3.94. The van der Waals surface area contributed by atoms with E-state index in [1.54, 1.807) is 6.20 Å². The second-order valence-electron chi connectivity index (χ2n) is 3.94. The van der Waals surface area contributed by atoms with E-state index < -0.39 is 0 Å². The molecule has 0 radical (unpaired) electrons. The molecule has 0 fully saturated rings. The minimum absolute atomic E-state index is 0.0137. The van der Waals surface area contributed by atoms with Crippen LogP contribution in [0.4, 0.5) is 5.69 Å². The van der Waals surface area contributed by atoms with Crippen molar-refractivity contribution < 1.29 is 0 Å². The summed E-state index contributed by atoms with van der Waals surface area (Å²) in [5.74, 6) is 0. The van der Waals surface area contributed by atoms with Gasteiger partial charge in [0, 0.05) is 18.4 Å². The molecule has 0 aliphatic carbocycles. The van der Waals surface area contributed by atoms with E-state index in [4.69, 9.17) is 5.73 Å². The van der Waals surface area contributed by atoms with Crippen molar-refractivity contribution in [1.29, 1.82) is 0 Å². The molecule has 1 atom stereocenters. The molecule has 1 aromatic heterocycles. The number of anilines is 1. The first-order chi connectivity index (χ1) is 8.29. The van der Waals surface area contributed by atoms with Crippen molar-refractivity contribution in [2.45, 2.75) is 13.0 Å². The Morgan fingerprint density at radius 1 is 1.35 bits per heavy atom. The van der Waals surface area contributed by atoms with Crippen molar-refractivity contribution in [3.05, 3.63) is 54.1 Å². The van der Waals surface area contributed by atoms with Crippen molar-refractivity contribution in [1.82, 2.24) is 9.97 Å². The van der Waals surface area contributed by atoms with E-state index in [1.165, 1.54) is 11.9 Å². The van der Waals surface area contributed by atoms with E-state index in [-0.39, 0.29) is 6.04 Å². The SMILES string of the molecule is Cc1cccc(NC(CN)c2ccncn2)c1. The van der Waals surface area contributed by atoms with Gasteiger partial charge in [0.15, 0.2) is 0 Å². The highest BCUT2D eigenvalue weighted by Gasteiger charge is 2.10. The molecule has 17 heavy (non-hydrogen) atoms. The van der Waals surface area contributed by atoms with E-state index in [0.717, 1.165) is 11.4 Å². The third-order valence-electron chi connectivity index (χ3n) is 2.56. The monoisotopic (exact) mass is 228 g/mol. The Hall–Kier alpha value is -1.94. The molecule has 1 heterocycles. The molecule has 4 heteroatoms. The maximum Gasteiger partial charge on any atom is 0.115 e. The number of aryl methyl sites for hydroxylation is 1. The number of nitrogens with zero attached hydrogens (tertiary/aromatic N) is 2. The molecule has 0 bridgehead atoms. The maximum absolute atomic E-state index is 5.77. The lowest BCUT2D eigenvalue weighted by Gasteiger charge is -2.17. The van der Waals surface area contributed by atoms with E-state index >= 15 is 0 Å². The van der Waals surface area contributed by atoms with Crippen LogP contribution < -0.4 is 11.1 Å². The highest BCUT2D eigenvalue weighted by Crippen LogP contribution is 2.17. The summed E-state index contributed by atoms with van der Waals surface area (Å²) in [5.41, 5.74) is 8.95. The van der Waals surface area contributed by atoms with Crippen LogP contribution in [0.15, 0.2) is 42.9 Å². The van der Waals surface area contributed by atoms with E-state index in [9.17, 15) is 0 Å². The lowest BCUT2D eigenvalue weighted by molar-refractivity contribution is 0.755. The molecule has 0 spiro atoms. The van der Waals surface area contributed by atoms with E-state index in [0.29, 0.717) is 6.54 Å². The Morgan fingerprint density at radius 2 is 2.24 bits per heavy atom. The fourth-order valence-electron chi connectivity index (χ4n) is 1.70. The standard InChI is InChI=1S/C13H16N4/c1-10-3-2-4-11(7-10)17-13(8-14)12-5-6-15-9-16-12/h2-7,9,13,17H,8,14H2,1H3. The van der Waals surface area contributed by atoms with Crippen molar-refractivity contribution in [2.24, 2.45) is 5.73 Å². The fraction of sp³-hybridized carbons (Fsp3) is 0.231. The topological polar surface area (TPSA) is 63.8 Å². The van der Waals surface area contributed by atoms with Crippen molar-refractivity contribution >= 4 is 5.69 Å². The minimum Gasteiger partial charge on any atom is -0.375 e. The molecule has 0 aliphatic heterocycles. The summed E-state index contributed by atoms with van der Waals surface area (Å²) >= 11 is 0. The molecule has 2 aromatic rings. The predicted octanol–water partition coefficient (Wildman–Crippen LogP) is 1.90. The van der Waals surface area contributed by atoms with Crippen molar-refractivity contribution in [2.75, 3.05) is 11.9 Å². The smallest absolute Gasteiger partial charge is 0.115 e. The van der Waals surface area contributed by atoms with Gasteiger partial charge >= 0.3 is 0 Å². The quantitative estimate of drug-likeness (QED) is 0.839. The number of nitrogens with two attached hydrogens (primary N) is 1. The molecule has 1 aromatic carbocycles. The average Bonchev–Trinajstić information content (AvgIpc) is 2.37. The number of rotatable bonds is 4. The Bertz CT molecular complexity index is 470. The molecule has 2 rings (SSSR count). The van der Waals surface area contributed by atoms with E-state index in [1.807, 2.05) is 18.2 Å². The molecular weight excluding hydrogens is 212 g/mol. The summed E-state index contributed by atoms with van der Waals surface area (Å²) in [4.78, 5) is 8.12. The molecular formula is C13H16N4. The zero-order chi connectivity index (χ0) is 12.1. The second kappa shape index (κ2) is 5.41. The van der Waals surface area contributed by atoms with E-state index in [2.05, 4.69) is 34.3 Å².